The van der Waals surface area contributed by atoms with Crippen LogP contribution in [0.4, 0.5) is 11.4 Å². The van der Waals surface area contributed by atoms with E-state index in [4.69, 9.17) is 22.1 Å². The van der Waals surface area contributed by atoms with Gasteiger partial charge in [-0.1, -0.05) is 23.7 Å². The zero-order valence-electron chi connectivity index (χ0n) is 14.8. The highest BCUT2D eigenvalue weighted by Crippen LogP contribution is 2.38. The third-order valence-electron chi connectivity index (χ3n) is 4.56. The number of aromatic nitrogens is 1. The smallest absolute Gasteiger partial charge is 0.329 e. The molecule has 1 aliphatic rings. The zero-order chi connectivity index (χ0) is 19.0. The van der Waals surface area contributed by atoms with E-state index in [1.165, 1.54) is 0 Å². The van der Waals surface area contributed by atoms with Gasteiger partial charge in [0.05, 0.1) is 29.4 Å². The molecule has 27 heavy (non-hydrogen) atoms. The largest absolute Gasteiger partial charge is 0.465 e. The van der Waals surface area contributed by atoms with Gasteiger partial charge in [-0.3, -0.25) is 4.98 Å². The monoisotopic (exact) mass is 382 g/mol. The fraction of sp³-hybridized carbons (Fsp3) is 0.200. The first-order valence-corrected chi connectivity index (χ1v) is 9.07. The van der Waals surface area contributed by atoms with Crippen molar-refractivity contribution in [1.29, 1.82) is 0 Å². The predicted octanol–water partition coefficient (Wildman–Crippen LogP) is 3.60. The second-order valence-corrected chi connectivity index (χ2v) is 6.80. The molecule has 1 aromatic heterocycles. The van der Waals surface area contributed by atoms with Gasteiger partial charge in [0.25, 0.3) is 0 Å². The number of nitrogens with zero attached hydrogens (tertiary/aromatic N) is 2. The Bertz CT molecular complexity index is 1020. The third kappa shape index (κ3) is 3.29. The minimum atomic E-state index is -0.613. The maximum Gasteiger partial charge on any atom is 0.329 e. The fourth-order valence-corrected chi connectivity index (χ4v) is 3.54. The predicted molar refractivity (Wildman–Crippen MR) is 106 cm³/mol. The number of esters is 1. The number of carbonyl (C=O) groups excluding carboxylic acids is 1. The molecular formula is C20H19ClN4O2. The van der Waals surface area contributed by atoms with Crippen LogP contribution in [0.1, 0.15) is 24.1 Å². The van der Waals surface area contributed by atoms with Crippen molar-refractivity contribution >= 4 is 39.8 Å². The number of nitrogens with two attached hydrogens (primary N) is 1. The Morgan fingerprint density at radius 2 is 2.19 bits per heavy atom. The number of hydrazine groups is 1. The molecule has 0 saturated heterocycles. The molecule has 1 unspecified atom stereocenters. The molecule has 1 aliphatic heterocycles. The van der Waals surface area contributed by atoms with E-state index in [0.29, 0.717) is 23.9 Å². The molecule has 7 heteroatoms. The maximum atomic E-state index is 12.4. The van der Waals surface area contributed by atoms with Crippen LogP contribution in [-0.4, -0.2) is 17.6 Å². The summed E-state index contributed by atoms with van der Waals surface area (Å²) in [7, 11) is 0. The molecule has 0 fully saturated rings. The molecule has 4 rings (SSSR count). The van der Waals surface area contributed by atoms with Gasteiger partial charge in [-0.25, -0.2) is 10.2 Å². The first-order valence-electron chi connectivity index (χ1n) is 8.69. The highest BCUT2D eigenvalue weighted by Gasteiger charge is 2.35. The van der Waals surface area contributed by atoms with Crippen LogP contribution in [0.3, 0.4) is 0 Å². The topological polar surface area (TPSA) is 80.5 Å². The molecule has 2 heterocycles. The molecular weight excluding hydrogens is 364 g/mol. The van der Waals surface area contributed by atoms with E-state index in [2.05, 4.69) is 10.4 Å². The second-order valence-electron chi connectivity index (χ2n) is 6.36. The van der Waals surface area contributed by atoms with Gasteiger partial charge in [0, 0.05) is 22.8 Å². The number of hydrogen-bond donors (Lipinski definition) is 2. The van der Waals surface area contributed by atoms with E-state index in [1.54, 1.807) is 19.2 Å². The Hall–Kier alpha value is -2.83. The van der Waals surface area contributed by atoms with Gasteiger partial charge < -0.3 is 15.5 Å². The van der Waals surface area contributed by atoms with Crippen LogP contribution in [0.5, 0.6) is 0 Å². The quantitative estimate of drug-likeness (QED) is 0.530. The molecule has 0 spiro atoms. The zero-order valence-corrected chi connectivity index (χ0v) is 15.5. The molecule has 0 saturated carbocycles. The summed E-state index contributed by atoms with van der Waals surface area (Å²) in [5.74, 6) is -0.339. The van der Waals surface area contributed by atoms with Crippen molar-refractivity contribution in [3.05, 3.63) is 64.8 Å². The average molecular weight is 383 g/mol. The molecule has 3 aromatic rings. The standard InChI is InChI=1S/C20H19ClN4O2/c1-2-27-20(26)19-18-15(22)4-3-5-17(18)25(24-19)11-12-6-7-16-13(8-12)9-14(21)10-23-16/h3-10,19,24H,2,11,22H2,1H3. The lowest BCUT2D eigenvalue weighted by molar-refractivity contribution is -0.145. The molecule has 0 radical (unpaired) electrons. The molecule has 0 aliphatic carbocycles. The summed E-state index contributed by atoms with van der Waals surface area (Å²) in [5, 5.41) is 3.49. The summed E-state index contributed by atoms with van der Waals surface area (Å²) >= 11 is 6.06. The number of nitrogen functional groups attached to an aromatic ring is 1. The van der Waals surface area contributed by atoms with Crippen LogP contribution in [0.25, 0.3) is 10.9 Å². The highest BCUT2D eigenvalue weighted by atomic mass is 35.5. The van der Waals surface area contributed by atoms with E-state index in [-0.39, 0.29) is 5.97 Å². The number of carbonyl (C=O) groups is 1. The van der Waals surface area contributed by atoms with Crippen molar-refractivity contribution in [3.63, 3.8) is 0 Å². The van der Waals surface area contributed by atoms with E-state index in [1.807, 2.05) is 41.4 Å². The Kier molecular flexibility index (Phi) is 4.59. The first kappa shape index (κ1) is 17.6. The summed E-state index contributed by atoms with van der Waals surface area (Å²) in [6, 6.07) is 12.9. The van der Waals surface area contributed by atoms with Crippen molar-refractivity contribution in [1.82, 2.24) is 10.4 Å². The molecule has 138 valence electrons. The minimum absolute atomic E-state index is 0.317. The second kappa shape index (κ2) is 7.06. The van der Waals surface area contributed by atoms with Crippen molar-refractivity contribution < 1.29 is 9.53 Å². The molecule has 1 atom stereocenters. The van der Waals surface area contributed by atoms with Gasteiger partial charge in [-0.2, -0.15) is 0 Å². The number of fused-ring (bicyclic) bond motifs is 2. The van der Waals surface area contributed by atoms with Crippen molar-refractivity contribution in [3.8, 4) is 0 Å². The Morgan fingerprint density at radius 3 is 3.00 bits per heavy atom. The van der Waals surface area contributed by atoms with Crippen LogP contribution in [0.2, 0.25) is 5.02 Å². The Morgan fingerprint density at radius 1 is 1.33 bits per heavy atom. The van der Waals surface area contributed by atoms with E-state index in [0.717, 1.165) is 27.7 Å². The number of rotatable bonds is 4. The molecule has 0 amide bonds. The number of halogens is 1. The van der Waals surface area contributed by atoms with Gasteiger partial charge in [0.1, 0.15) is 0 Å². The fourth-order valence-electron chi connectivity index (χ4n) is 3.37. The van der Waals surface area contributed by atoms with Crippen molar-refractivity contribution in [2.24, 2.45) is 0 Å². The van der Waals surface area contributed by atoms with Gasteiger partial charge in [0.15, 0.2) is 6.04 Å². The number of ether oxygens (including phenoxy) is 1. The molecule has 2 aromatic carbocycles. The van der Waals surface area contributed by atoms with Crippen LogP contribution in [-0.2, 0) is 16.1 Å². The van der Waals surface area contributed by atoms with Gasteiger partial charge in [-0.15, -0.1) is 0 Å². The minimum Gasteiger partial charge on any atom is -0.465 e. The lowest BCUT2D eigenvalue weighted by Crippen LogP contribution is -2.37. The summed E-state index contributed by atoms with van der Waals surface area (Å²) in [4.78, 5) is 16.7. The summed E-state index contributed by atoms with van der Waals surface area (Å²) in [6.07, 6.45) is 1.63. The molecule has 6 nitrogen and oxygen atoms in total. The Labute approximate surface area is 161 Å². The summed E-state index contributed by atoms with van der Waals surface area (Å²) in [6.45, 7) is 2.65. The number of nitrogens with one attached hydrogen (secondary N) is 1. The van der Waals surface area contributed by atoms with E-state index >= 15 is 0 Å². The summed E-state index contributed by atoms with van der Waals surface area (Å²) < 4.78 is 5.20. The van der Waals surface area contributed by atoms with Gasteiger partial charge in [0.2, 0.25) is 0 Å². The molecule has 0 bridgehead atoms. The number of anilines is 2. The van der Waals surface area contributed by atoms with Crippen LogP contribution in [0.15, 0.2) is 48.7 Å². The van der Waals surface area contributed by atoms with Crippen LogP contribution >= 0.6 is 11.6 Å². The maximum absolute atomic E-state index is 12.4. The number of pyridine rings is 1. The number of hydrogen-bond acceptors (Lipinski definition) is 6. The Balaban J connectivity index is 1.67. The van der Waals surface area contributed by atoms with Crippen LogP contribution < -0.4 is 16.2 Å². The highest BCUT2D eigenvalue weighted by molar-refractivity contribution is 6.31. The summed E-state index contributed by atoms with van der Waals surface area (Å²) in [5.41, 5.74) is 13.5. The lowest BCUT2D eigenvalue weighted by atomic mass is 10.0. The normalized spacial score (nSPS) is 15.8. The van der Waals surface area contributed by atoms with Gasteiger partial charge >= 0.3 is 5.97 Å². The van der Waals surface area contributed by atoms with Gasteiger partial charge in [-0.05, 0) is 42.8 Å². The SMILES string of the molecule is CCOC(=O)C1NN(Cc2ccc3ncc(Cl)cc3c2)c2cccc(N)c21. The van der Waals surface area contributed by atoms with E-state index < -0.39 is 6.04 Å². The van der Waals surface area contributed by atoms with E-state index in [9.17, 15) is 4.79 Å². The third-order valence-corrected chi connectivity index (χ3v) is 4.76. The molecule has 3 N–H and O–H groups in total. The average Bonchev–Trinajstić information content (AvgIpc) is 3.02. The van der Waals surface area contributed by atoms with Crippen LogP contribution in [0, 0.1) is 0 Å². The lowest BCUT2D eigenvalue weighted by Gasteiger charge is -2.20. The number of benzene rings is 2. The van der Waals surface area contributed by atoms with Crippen molar-refractivity contribution in [2.75, 3.05) is 17.3 Å². The first-order chi connectivity index (χ1) is 13.1. The van der Waals surface area contributed by atoms with Crippen molar-refractivity contribution in [2.45, 2.75) is 19.5 Å².